The van der Waals surface area contributed by atoms with E-state index in [4.69, 9.17) is 0 Å². The van der Waals surface area contributed by atoms with E-state index in [1.165, 1.54) is 6.08 Å². The fourth-order valence-corrected chi connectivity index (χ4v) is 0.919. The minimum atomic E-state index is -2.75. The van der Waals surface area contributed by atoms with Crippen LogP contribution in [-0.2, 0) is 0 Å². The zero-order chi connectivity index (χ0) is 9.07. The highest BCUT2D eigenvalue weighted by Gasteiger charge is 2.26. The van der Waals surface area contributed by atoms with Crippen LogP contribution >= 0.6 is 0 Å². The molecule has 0 saturated heterocycles. The Morgan fingerprint density at radius 1 is 1.55 bits per heavy atom. The Labute approximate surface area is 66.6 Å². The average Bonchev–Trinajstić information content (AvgIpc) is 1.86. The summed E-state index contributed by atoms with van der Waals surface area (Å²) in [7, 11) is 0. The summed E-state index contributed by atoms with van der Waals surface area (Å²) in [6.45, 7) is 7.81. The Morgan fingerprint density at radius 3 is 2.09 bits per heavy atom. The topological polar surface area (TPSA) is 0 Å². The van der Waals surface area contributed by atoms with Crippen LogP contribution in [-0.4, -0.2) is 5.92 Å². The predicted molar refractivity (Wildman–Crippen MR) is 43.8 cm³/mol. The van der Waals surface area contributed by atoms with Crippen molar-refractivity contribution < 1.29 is 8.78 Å². The molecule has 0 bridgehead atoms. The first-order chi connectivity index (χ1) is 4.93. The first-order valence-corrected chi connectivity index (χ1v) is 3.64. The van der Waals surface area contributed by atoms with Crippen molar-refractivity contribution in [1.29, 1.82) is 0 Å². The molecule has 0 aromatic carbocycles. The van der Waals surface area contributed by atoms with Crippen LogP contribution in [0.3, 0.4) is 0 Å². The molecule has 0 saturated carbocycles. The van der Waals surface area contributed by atoms with Gasteiger partial charge in [-0.05, 0) is 13.3 Å². The van der Waals surface area contributed by atoms with E-state index in [9.17, 15) is 8.78 Å². The number of alkyl halides is 2. The maximum atomic E-state index is 12.7. The summed E-state index contributed by atoms with van der Waals surface area (Å²) >= 11 is 0. The fraction of sp³-hybridized carbons (Fsp3) is 0.556. The molecule has 0 aromatic rings. The molecule has 0 aliphatic heterocycles. The van der Waals surface area contributed by atoms with Crippen LogP contribution in [0.5, 0.6) is 0 Å². The molecule has 0 rings (SSSR count). The summed E-state index contributed by atoms with van der Waals surface area (Å²) in [4.78, 5) is 0. The van der Waals surface area contributed by atoms with Gasteiger partial charge in [-0.25, -0.2) is 8.78 Å². The Bertz CT molecular complexity index is 172. The predicted octanol–water partition coefficient (Wildman–Crippen LogP) is 3.55. The normalized spacial score (nSPS) is 14.3. The van der Waals surface area contributed by atoms with Crippen molar-refractivity contribution in [3.8, 4) is 0 Å². The quantitative estimate of drug-likeness (QED) is 0.554. The van der Waals surface area contributed by atoms with E-state index in [2.05, 4.69) is 6.58 Å². The third-order valence-corrected chi connectivity index (χ3v) is 1.67. The van der Waals surface area contributed by atoms with E-state index in [0.717, 1.165) is 6.92 Å². The third-order valence-electron chi connectivity index (χ3n) is 1.67. The number of rotatable bonds is 3. The van der Waals surface area contributed by atoms with E-state index in [1.807, 2.05) is 6.92 Å². The van der Waals surface area contributed by atoms with Crippen molar-refractivity contribution in [2.24, 2.45) is 0 Å². The van der Waals surface area contributed by atoms with Crippen molar-refractivity contribution in [3.63, 3.8) is 0 Å². The van der Waals surface area contributed by atoms with Crippen LogP contribution in [0, 0.1) is 0 Å². The monoisotopic (exact) mass is 160 g/mol. The molecule has 0 spiro atoms. The highest BCUT2D eigenvalue weighted by Crippen LogP contribution is 2.27. The van der Waals surface area contributed by atoms with Gasteiger partial charge in [-0.3, -0.25) is 0 Å². The Hall–Kier alpha value is -0.660. The van der Waals surface area contributed by atoms with Crippen LogP contribution in [0.1, 0.15) is 27.2 Å². The standard InChI is InChI=1S/C9H14F2/c1-5-7(3)8(6-2)9(4,10)11/h6H,2,5H2,1,3-4H3. The lowest BCUT2D eigenvalue weighted by Crippen LogP contribution is -2.13. The largest absolute Gasteiger partial charge is 0.270 e. The lowest BCUT2D eigenvalue weighted by Gasteiger charge is -2.14. The zero-order valence-electron chi connectivity index (χ0n) is 7.25. The molecule has 0 nitrogen and oxygen atoms in total. The summed E-state index contributed by atoms with van der Waals surface area (Å²) in [5, 5.41) is 0. The van der Waals surface area contributed by atoms with E-state index in [-0.39, 0.29) is 5.57 Å². The molecule has 0 N–H and O–H groups in total. The summed E-state index contributed by atoms with van der Waals surface area (Å²) in [6, 6.07) is 0. The minimum absolute atomic E-state index is 0.0556. The molecular formula is C9H14F2. The molecular weight excluding hydrogens is 146 g/mol. The third kappa shape index (κ3) is 2.83. The van der Waals surface area contributed by atoms with Crippen LogP contribution in [0.15, 0.2) is 23.8 Å². The van der Waals surface area contributed by atoms with E-state index in [1.54, 1.807) is 6.92 Å². The van der Waals surface area contributed by atoms with Gasteiger partial charge in [0.1, 0.15) is 0 Å². The van der Waals surface area contributed by atoms with E-state index in [0.29, 0.717) is 12.0 Å². The van der Waals surface area contributed by atoms with Gasteiger partial charge in [0.05, 0.1) is 0 Å². The Kier molecular flexibility index (Phi) is 3.43. The molecule has 64 valence electrons. The van der Waals surface area contributed by atoms with Gasteiger partial charge in [-0.15, -0.1) is 0 Å². The number of halogens is 2. The van der Waals surface area contributed by atoms with Gasteiger partial charge in [0.2, 0.25) is 0 Å². The van der Waals surface area contributed by atoms with Crippen LogP contribution in [0.2, 0.25) is 0 Å². The van der Waals surface area contributed by atoms with Gasteiger partial charge in [-0.1, -0.05) is 25.2 Å². The molecule has 0 atom stereocenters. The molecule has 0 aliphatic rings. The van der Waals surface area contributed by atoms with Gasteiger partial charge in [-0.2, -0.15) is 0 Å². The second-order valence-electron chi connectivity index (χ2n) is 2.64. The van der Waals surface area contributed by atoms with Crippen LogP contribution in [0.25, 0.3) is 0 Å². The summed E-state index contributed by atoms with van der Waals surface area (Å²) in [5.74, 6) is -2.75. The molecule has 0 unspecified atom stereocenters. The van der Waals surface area contributed by atoms with Gasteiger partial charge in [0.25, 0.3) is 5.92 Å². The summed E-state index contributed by atoms with van der Waals surface area (Å²) in [6.07, 6.45) is 1.88. The van der Waals surface area contributed by atoms with Crippen LogP contribution < -0.4 is 0 Å². The highest BCUT2D eigenvalue weighted by atomic mass is 19.3. The number of allylic oxidation sites excluding steroid dienone is 3. The van der Waals surface area contributed by atoms with E-state index >= 15 is 0 Å². The summed E-state index contributed by atoms with van der Waals surface area (Å²) in [5.41, 5.74) is 0.757. The van der Waals surface area contributed by atoms with Gasteiger partial charge in [0.15, 0.2) is 0 Å². The van der Waals surface area contributed by atoms with Crippen molar-refractivity contribution in [2.75, 3.05) is 0 Å². The SMILES string of the molecule is C=CC(=C(C)CC)C(C)(F)F. The molecule has 11 heavy (non-hydrogen) atoms. The smallest absolute Gasteiger partial charge is 0.202 e. The second kappa shape index (κ2) is 3.65. The van der Waals surface area contributed by atoms with Crippen molar-refractivity contribution in [2.45, 2.75) is 33.1 Å². The van der Waals surface area contributed by atoms with Gasteiger partial charge in [0, 0.05) is 12.5 Å². The van der Waals surface area contributed by atoms with Crippen molar-refractivity contribution in [1.82, 2.24) is 0 Å². The molecule has 2 heteroatoms. The highest BCUT2D eigenvalue weighted by molar-refractivity contribution is 5.28. The number of hydrogen-bond donors (Lipinski definition) is 0. The second-order valence-corrected chi connectivity index (χ2v) is 2.64. The van der Waals surface area contributed by atoms with Gasteiger partial charge >= 0.3 is 0 Å². The number of hydrogen-bond acceptors (Lipinski definition) is 0. The first kappa shape index (κ1) is 10.3. The lowest BCUT2D eigenvalue weighted by molar-refractivity contribution is 0.0662. The lowest BCUT2D eigenvalue weighted by atomic mass is 10.0. The molecule has 0 heterocycles. The van der Waals surface area contributed by atoms with E-state index < -0.39 is 5.92 Å². The molecule has 0 aromatic heterocycles. The molecule has 0 radical (unpaired) electrons. The van der Waals surface area contributed by atoms with Gasteiger partial charge < -0.3 is 0 Å². The van der Waals surface area contributed by atoms with Crippen molar-refractivity contribution in [3.05, 3.63) is 23.8 Å². The molecule has 0 amide bonds. The molecule has 0 aliphatic carbocycles. The van der Waals surface area contributed by atoms with Crippen LogP contribution in [0.4, 0.5) is 8.78 Å². The fourth-order valence-electron chi connectivity index (χ4n) is 0.919. The molecule has 0 fully saturated rings. The van der Waals surface area contributed by atoms with Crippen molar-refractivity contribution >= 4 is 0 Å². The maximum Gasteiger partial charge on any atom is 0.270 e. The average molecular weight is 160 g/mol. The Balaban J connectivity index is 4.80. The Morgan fingerprint density at radius 2 is 2.00 bits per heavy atom. The maximum absolute atomic E-state index is 12.7. The minimum Gasteiger partial charge on any atom is -0.202 e. The zero-order valence-corrected chi connectivity index (χ0v) is 7.25. The first-order valence-electron chi connectivity index (χ1n) is 3.64. The summed E-state index contributed by atoms with van der Waals surface area (Å²) < 4.78 is 25.4.